The molecule has 2 nitrogen and oxygen atoms in total. The molecule has 1 aliphatic rings. The van der Waals surface area contributed by atoms with Gasteiger partial charge in [-0.3, -0.25) is 0 Å². The Morgan fingerprint density at radius 3 is 2.72 bits per heavy atom. The van der Waals surface area contributed by atoms with Crippen LogP contribution in [0.2, 0.25) is 5.02 Å². The molecule has 18 heavy (non-hydrogen) atoms. The van der Waals surface area contributed by atoms with Crippen molar-refractivity contribution in [1.29, 1.82) is 0 Å². The summed E-state index contributed by atoms with van der Waals surface area (Å²) in [6.07, 6.45) is 0. The average Bonchev–Trinajstić information content (AvgIpc) is 2.82. The first-order valence-electron chi connectivity index (χ1n) is 6.07. The zero-order chi connectivity index (χ0) is 12.5. The lowest BCUT2D eigenvalue weighted by molar-refractivity contribution is 0.881. The summed E-state index contributed by atoms with van der Waals surface area (Å²) in [6, 6.07) is 14.5. The first-order chi connectivity index (χ1) is 8.78. The molecule has 2 aromatic rings. The second-order valence-electron chi connectivity index (χ2n) is 4.53. The van der Waals surface area contributed by atoms with Gasteiger partial charge in [-0.05, 0) is 35.4 Å². The second-order valence-corrected chi connectivity index (χ2v) is 4.97. The quantitative estimate of drug-likeness (QED) is 0.879. The van der Waals surface area contributed by atoms with Gasteiger partial charge in [-0.1, -0.05) is 29.8 Å². The largest absolute Gasteiger partial charge is 0.388 e. The second kappa shape index (κ2) is 4.54. The number of rotatable bonds is 2. The van der Waals surface area contributed by atoms with Gasteiger partial charge in [-0.15, -0.1) is 0 Å². The highest BCUT2D eigenvalue weighted by atomic mass is 35.5. The Balaban J connectivity index is 1.93. The van der Waals surface area contributed by atoms with Gasteiger partial charge >= 0.3 is 0 Å². The maximum atomic E-state index is 6.05. The van der Waals surface area contributed by atoms with Crippen LogP contribution in [0.1, 0.15) is 11.1 Å². The molecule has 3 rings (SSSR count). The van der Waals surface area contributed by atoms with Crippen molar-refractivity contribution < 1.29 is 0 Å². The fourth-order valence-electron chi connectivity index (χ4n) is 2.51. The zero-order valence-electron chi connectivity index (χ0n) is 10.3. The van der Waals surface area contributed by atoms with Gasteiger partial charge in [0.2, 0.25) is 0 Å². The van der Waals surface area contributed by atoms with Gasteiger partial charge in [0.25, 0.3) is 0 Å². The van der Waals surface area contributed by atoms with E-state index in [1.165, 1.54) is 22.5 Å². The van der Waals surface area contributed by atoms with Crippen LogP contribution < -0.4 is 10.2 Å². The number of hydrogen-bond acceptors (Lipinski definition) is 2. The molecule has 0 aromatic heterocycles. The fourth-order valence-corrected chi connectivity index (χ4v) is 2.70. The topological polar surface area (TPSA) is 15.3 Å². The monoisotopic (exact) mass is 258 g/mol. The Morgan fingerprint density at radius 2 is 1.94 bits per heavy atom. The molecule has 0 amide bonds. The molecule has 92 valence electrons. The van der Waals surface area contributed by atoms with Crippen molar-refractivity contribution in [3.05, 3.63) is 58.6 Å². The summed E-state index contributed by atoms with van der Waals surface area (Å²) in [5.74, 6) is 0. The summed E-state index contributed by atoms with van der Waals surface area (Å²) in [5, 5.41) is 4.05. The van der Waals surface area contributed by atoms with Gasteiger partial charge in [0.05, 0.1) is 0 Å². The van der Waals surface area contributed by atoms with Crippen LogP contribution in [0.4, 0.5) is 11.4 Å². The molecule has 2 aromatic carbocycles. The van der Waals surface area contributed by atoms with E-state index in [1.54, 1.807) is 0 Å². The number of halogens is 1. The predicted octanol–water partition coefficient (Wildman–Crippen LogP) is 3.90. The highest BCUT2D eigenvalue weighted by Gasteiger charge is 2.21. The third kappa shape index (κ3) is 1.93. The lowest BCUT2D eigenvalue weighted by atomic mass is 10.1. The lowest BCUT2D eigenvalue weighted by Gasteiger charge is -2.18. The van der Waals surface area contributed by atoms with Crippen molar-refractivity contribution in [1.82, 2.24) is 0 Å². The minimum Gasteiger partial charge on any atom is -0.388 e. The van der Waals surface area contributed by atoms with Crippen molar-refractivity contribution >= 4 is 23.0 Å². The summed E-state index contributed by atoms with van der Waals surface area (Å²) in [7, 11) is 1.97. The van der Waals surface area contributed by atoms with Crippen molar-refractivity contribution in [2.75, 3.05) is 17.3 Å². The fraction of sp³-hybridized carbons (Fsp3) is 0.200. The standard InChI is InChI=1S/C15H15ClN2/c1-17-15-7-2-4-11-9-18(10-14(11)15)13-6-3-5-12(16)8-13/h2-8,17H,9-10H2,1H3. The number of fused-ring (bicyclic) bond motifs is 1. The molecular weight excluding hydrogens is 244 g/mol. The van der Waals surface area contributed by atoms with Crippen LogP contribution in [0, 0.1) is 0 Å². The van der Waals surface area contributed by atoms with E-state index in [9.17, 15) is 0 Å². The minimum atomic E-state index is 0.789. The molecule has 0 atom stereocenters. The highest BCUT2D eigenvalue weighted by molar-refractivity contribution is 6.30. The zero-order valence-corrected chi connectivity index (χ0v) is 11.0. The normalized spacial score (nSPS) is 13.6. The van der Waals surface area contributed by atoms with Crippen molar-refractivity contribution in [3.8, 4) is 0 Å². The molecule has 1 heterocycles. The molecule has 0 aliphatic carbocycles. The van der Waals surface area contributed by atoms with Crippen molar-refractivity contribution in [3.63, 3.8) is 0 Å². The smallest absolute Gasteiger partial charge is 0.0457 e. The molecule has 1 N–H and O–H groups in total. The first-order valence-corrected chi connectivity index (χ1v) is 6.45. The Labute approximate surface area is 112 Å². The van der Waals surface area contributed by atoms with E-state index in [0.29, 0.717) is 0 Å². The van der Waals surface area contributed by atoms with Crippen LogP contribution >= 0.6 is 11.6 Å². The summed E-state index contributed by atoms with van der Waals surface area (Å²) >= 11 is 6.05. The van der Waals surface area contributed by atoms with Gasteiger partial charge in [0, 0.05) is 36.5 Å². The SMILES string of the molecule is CNc1cccc2c1CN(c1cccc(Cl)c1)C2. The van der Waals surface area contributed by atoms with Crippen LogP contribution in [0.3, 0.4) is 0 Å². The maximum absolute atomic E-state index is 6.05. The molecule has 0 unspecified atom stereocenters. The molecule has 0 fully saturated rings. The van der Waals surface area contributed by atoms with Crippen molar-refractivity contribution in [2.45, 2.75) is 13.1 Å². The minimum absolute atomic E-state index is 0.789. The highest BCUT2D eigenvalue weighted by Crippen LogP contribution is 2.33. The van der Waals surface area contributed by atoms with E-state index in [-0.39, 0.29) is 0 Å². The average molecular weight is 259 g/mol. The molecule has 0 saturated heterocycles. The van der Waals surface area contributed by atoms with Crippen LogP contribution in [0.5, 0.6) is 0 Å². The predicted molar refractivity (Wildman–Crippen MR) is 77.3 cm³/mol. The van der Waals surface area contributed by atoms with Crippen LogP contribution in [-0.4, -0.2) is 7.05 Å². The van der Waals surface area contributed by atoms with E-state index in [0.717, 1.165) is 18.1 Å². The van der Waals surface area contributed by atoms with Gasteiger partial charge in [-0.25, -0.2) is 0 Å². The third-order valence-electron chi connectivity index (χ3n) is 3.43. The summed E-state index contributed by atoms with van der Waals surface area (Å²) in [4.78, 5) is 2.34. The van der Waals surface area contributed by atoms with Crippen molar-refractivity contribution in [2.24, 2.45) is 0 Å². The van der Waals surface area contributed by atoms with Crippen LogP contribution in [0.25, 0.3) is 0 Å². The molecule has 0 radical (unpaired) electrons. The van der Waals surface area contributed by atoms with Crippen LogP contribution in [-0.2, 0) is 13.1 Å². The number of anilines is 2. The Morgan fingerprint density at radius 1 is 1.11 bits per heavy atom. The molecule has 0 saturated carbocycles. The van der Waals surface area contributed by atoms with E-state index in [4.69, 9.17) is 11.6 Å². The Hall–Kier alpha value is -1.67. The maximum Gasteiger partial charge on any atom is 0.0457 e. The van der Waals surface area contributed by atoms with Gasteiger partial charge < -0.3 is 10.2 Å². The van der Waals surface area contributed by atoms with E-state index < -0.39 is 0 Å². The number of hydrogen-bond donors (Lipinski definition) is 1. The van der Waals surface area contributed by atoms with Crippen LogP contribution in [0.15, 0.2) is 42.5 Å². The van der Waals surface area contributed by atoms with Gasteiger partial charge in [0.15, 0.2) is 0 Å². The third-order valence-corrected chi connectivity index (χ3v) is 3.66. The summed E-state index contributed by atoms with van der Waals surface area (Å²) < 4.78 is 0. The van der Waals surface area contributed by atoms with Gasteiger partial charge in [-0.2, -0.15) is 0 Å². The van der Waals surface area contributed by atoms with Gasteiger partial charge in [0.1, 0.15) is 0 Å². The molecular formula is C15H15ClN2. The summed E-state index contributed by atoms with van der Waals surface area (Å²) in [5.41, 5.74) is 5.18. The van der Waals surface area contributed by atoms with E-state index in [1.807, 2.05) is 25.2 Å². The first kappa shape index (κ1) is 11.4. The number of nitrogens with zero attached hydrogens (tertiary/aromatic N) is 1. The Kier molecular flexibility index (Phi) is 2.88. The molecule has 0 spiro atoms. The van der Waals surface area contributed by atoms with E-state index in [2.05, 4.69) is 34.5 Å². The number of benzene rings is 2. The van der Waals surface area contributed by atoms with E-state index >= 15 is 0 Å². The molecule has 3 heteroatoms. The Bertz CT molecular complexity index is 580. The molecule has 1 aliphatic heterocycles. The lowest BCUT2D eigenvalue weighted by Crippen LogP contribution is -2.14. The molecule has 0 bridgehead atoms. The summed E-state index contributed by atoms with van der Waals surface area (Å²) in [6.45, 7) is 1.89. The number of nitrogens with one attached hydrogen (secondary N) is 1.